The standard InChI is InChI=1S/C12H20ClNO4S/c1-11(2,3)18-10(15)14-7-9-4-5-12(14,6-9)8-19(13,16)17/h9H,4-8H2,1-3H3. The Hall–Kier alpha value is -0.490. The van der Waals surface area contributed by atoms with E-state index in [9.17, 15) is 13.2 Å². The van der Waals surface area contributed by atoms with Crippen molar-refractivity contribution >= 4 is 25.8 Å². The van der Waals surface area contributed by atoms with E-state index in [2.05, 4.69) is 0 Å². The smallest absolute Gasteiger partial charge is 0.410 e. The van der Waals surface area contributed by atoms with Gasteiger partial charge in [0.2, 0.25) is 9.05 Å². The lowest BCUT2D eigenvalue weighted by molar-refractivity contribution is 0.00687. The maximum atomic E-state index is 12.2. The predicted octanol–water partition coefficient (Wildman–Crippen LogP) is 2.34. The molecule has 1 saturated carbocycles. The summed E-state index contributed by atoms with van der Waals surface area (Å²) in [6, 6.07) is 0. The minimum atomic E-state index is -3.64. The summed E-state index contributed by atoms with van der Waals surface area (Å²) < 4.78 is 28.2. The molecule has 1 aliphatic heterocycles. The van der Waals surface area contributed by atoms with Gasteiger partial charge >= 0.3 is 6.09 Å². The second kappa shape index (κ2) is 4.52. The molecule has 0 aromatic heterocycles. The zero-order valence-corrected chi connectivity index (χ0v) is 13.1. The molecule has 7 heteroatoms. The van der Waals surface area contributed by atoms with Crippen molar-refractivity contribution in [2.24, 2.45) is 5.92 Å². The average Bonchev–Trinajstić information content (AvgIpc) is 2.67. The summed E-state index contributed by atoms with van der Waals surface area (Å²) in [5.41, 5.74) is -1.24. The highest BCUT2D eigenvalue weighted by Crippen LogP contribution is 2.48. The molecule has 2 atom stereocenters. The number of rotatable bonds is 2. The monoisotopic (exact) mass is 309 g/mol. The van der Waals surface area contributed by atoms with Crippen molar-refractivity contribution in [2.75, 3.05) is 12.3 Å². The van der Waals surface area contributed by atoms with Gasteiger partial charge in [-0.1, -0.05) is 0 Å². The van der Waals surface area contributed by atoms with E-state index >= 15 is 0 Å². The molecule has 5 nitrogen and oxygen atoms in total. The van der Waals surface area contributed by atoms with E-state index in [1.807, 2.05) is 0 Å². The van der Waals surface area contributed by atoms with Gasteiger partial charge in [0.25, 0.3) is 0 Å². The highest BCUT2D eigenvalue weighted by molar-refractivity contribution is 8.13. The number of fused-ring (bicyclic) bond motifs is 2. The van der Waals surface area contributed by atoms with Gasteiger partial charge in [0.05, 0.1) is 11.3 Å². The zero-order chi connectivity index (χ0) is 14.5. The van der Waals surface area contributed by atoms with Gasteiger partial charge in [0.15, 0.2) is 0 Å². The van der Waals surface area contributed by atoms with Gasteiger partial charge in [0, 0.05) is 17.2 Å². The molecule has 2 unspecified atom stereocenters. The molecule has 0 N–H and O–H groups in total. The van der Waals surface area contributed by atoms with Gasteiger partial charge in [-0.25, -0.2) is 13.2 Å². The quantitative estimate of drug-likeness (QED) is 0.734. The lowest BCUT2D eigenvalue weighted by Crippen LogP contribution is -2.53. The number of carbonyl (C=O) groups excluding carboxylic acids is 1. The molecule has 1 heterocycles. The van der Waals surface area contributed by atoms with Crippen molar-refractivity contribution in [1.29, 1.82) is 0 Å². The fourth-order valence-electron chi connectivity index (χ4n) is 3.18. The zero-order valence-electron chi connectivity index (χ0n) is 11.5. The van der Waals surface area contributed by atoms with E-state index in [4.69, 9.17) is 15.4 Å². The molecule has 2 bridgehead atoms. The first-order valence-corrected chi connectivity index (χ1v) is 8.92. The molecule has 0 aromatic rings. The molecule has 110 valence electrons. The van der Waals surface area contributed by atoms with Crippen molar-refractivity contribution in [1.82, 2.24) is 4.90 Å². The Labute approximate surface area is 118 Å². The van der Waals surface area contributed by atoms with Crippen LogP contribution >= 0.6 is 10.7 Å². The van der Waals surface area contributed by atoms with Gasteiger partial charge in [-0.2, -0.15) is 0 Å². The highest BCUT2D eigenvalue weighted by atomic mass is 35.7. The van der Waals surface area contributed by atoms with Gasteiger partial charge in [-0.05, 0) is 46.0 Å². The molecule has 1 aliphatic carbocycles. The number of carbonyl (C=O) groups is 1. The number of likely N-dealkylation sites (tertiary alicyclic amines) is 1. The topological polar surface area (TPSA) is 63.7 Å². The first-order chi connectivity index (χ1) is 8.51. The Kier molecular flexibility index (Phi) is 3.54. The number of hydrogen-bond donors (Lipinski definition) is 0. The molecule has 0 radical (unpaired) electrons. The second-order valence-electron chi connectivity index (χ2n) is 6.61. The van der Waals surface area contributed by atoms with Gasteiger partial charge in [-0.15, -0.1) is 0 Å². The lowest BCUT2D eigenvalue weighted by Gasteiger charge is -2.38. The van der Waals surface area contributed by atoms with Crippen LogP contribution in [0, 0.1) is 5.92 Å². The van der Waals surface area contributed by atoms with Crippen LogP contribution in [0.3, 0.4) is 0 Å². The Morgan fingerprint density at radius 1 is 1.47 bits per heavy atom. The van der Waals surface area contributed by atoms with Crippen molar-refractivity contribution in [2.45, 2.75) is 51.2 Å². The molecule has 1 saturated heterocycles. The number of hydrogen-bond acceptors (Lipinski definition) is 4. The van der Waals surface area contributed by atoms with E-state index in [1.165, 1.54) is 0 Å². The van der Waals surface area contributed by atoms with Crippen LogP contribution in [0.5, 0.6) is 0 Å². The SMILES string of the molecule is CC(C)(C)OC(=O)N1CC2CCC1(CS(=O)(=O)Cl)C2. The van der Waals surface area contributed by atoms with Gasteiger partial charge in [0.1, 0.15) is 5.60 Å². The van der Waals surface area contributed by atoms with Crippen LogP contribution in [0.25, 0.3) is 0 Å². The fourth-order valence-corrected chi connectivity index (χ4v) is 4.85. The van der Waals surface area contributed by atoms with Crippen molar-refractivity contribution < 1.29 is 17.9 Å². The molecular formula is C12H20ClNO4S. The first kappa shape index (κ1) is 14.9. The normalized spacial score (nSPS) is 30.7. The largest absolute Gasteiger partial charge is 0.444 e. The Bertz CT molecular complexity index is 484. The third-order valence-corrected chi connectivity index (χ3v) is 4.96. The predicted molar refractivity (Wildman–Crippen MR) is 72.7 cm³/mol. The number of amides is 1. The van der Waals surface area contributed by atoms with Gasteiger partial charge < -0.3 is 9.64 Å². The van der Waals surface area contributed by atoms with E-state index in [-0.39, 0.29) is 5.75 Å². The Morgan fingerprint density at radius 2 is 2.11 bits per heavy atom. The molecule has 2 fully saturated rings. The summed E-state index contributed by atoms with van der Waals surface area (Å²) in [4.78, 5) is 13.8. The molecule has 19 heavy (non-hydrogen) atoms. The summed E-state index contributed by atoms with van der Waals surface area (Å²) >= 11 is 0. The van der Waals surface area contributed by atoms with E-state index in [0.29, 0.717) is 25.3 Å². The minimum Gasteiger partial charge on any atom is -0.444 e. The molecule has 0 spiro atoms. The van der Waals surface area contributed by atoms with Crippen LogP contribution in [0.1, 0.15) is 40.0 Å². The minimum absolute atomic E-state index is 0.183. The van der Waals surface area contributed by atoms with Crippen LogP contribution in [0.2, 0.25) is 0 Å². The third kappa shape index (κ3) is 3.34. The summed E-state index contributed by atoms with van der Waals surface area (Å²) in [7, 11) is 1.76. The van der Waals surface area contributed by atoms with Gasteiger partial charge in [-0.3, -0.25) is 0 Å². The summed E-state index contributed by atoms with van der Waals surface area (Å²) in [6.45, 7) is 5.96. The Balaban J connectivity index is 2.19. The summed E-state index contributed by atoms with van der Waals surface area (Å²) in [6.07, 6.45) is 1.90. The number of nitrogens with zero attached hydrogens (tertiary/aromatic N) is 1. The van der Waals surface area contributed by atoms with E-state index in [1.54, 1.807) is 25.7 Å². The summed E-state index contributed by atoms with van der Waals surface area (Å²) in [5.74, 6) is 0.183. The molecule has 2 aliphatic rings. The molecule has 2 rings (SSSR count). The van der Waals surface area contributed by atoms with Crippen molar-refractivity contribution in [3.8, 4) is 0 Å². The van der Waals surface area contributed by atoms with Crippen molar-refractivity contribution in [3.63, 3.8) is 0 Å². The van der Waals surface area contributed by atoms with E-state index in [0.717, 1.165) is 6.42 Å². The third-order valence-electron chi connectivity index (χ3n) is 3.75. The molecular weight excluding hydrogens is 290 g/mol. The lowest BCUT2D eigenvalue weighted by atomic mass is 10.0. The van der Waals surface area contributed by atoms with Crippen LogP contribution in [0.15, 0.2) is 0 Å². The van der Waals surface area contributed by atoms with Crippen LogP contribution in [-0.4, -0.2) is 42.8 Å². The number of ether oxygens (including phenoxy) is 1. The average molecular weight is 310 g/mol. The van der Waals surface area contributed by atoms with Crippen LogP contribution in [-0.2, 0) is 13.8 Å². The summed E-state index contributed by atoms with van der Waals surface area (Å²) in [5, 5.41) is 0. The number of piperidine rings is 1. The van der Waals surface area contributed by atoms with Crippen LogP contribution < -0.4 is 0 Å². The highest BCUT2D eigenvalue weighted by Gasteiger charge is 2.55. The second-order valence-corrected chi connectivity index (χ2v) is 9.38. The van der Waals surface area contributed by atoms with E-state index < -0.39 is 26.3 Å². The first-order valence-electron chi connectivity index (χ1n) is 6.44. The molecule has 1 amide bonds. The fraction of sp³-hybridized carbons (Fsp3) is 0.917. The maximum Gasteiger partial charge on any atom is 0.410 e. The van der Waals surface area contributed by atoms with Crippen LogP contribution in [0.4, 0.5) is 4.79 Å². The van der Waals surface area contributed by atoms with Crippen molar-refractivity contribution in [3.05, 3.63) is 0 Å². The maximum absolute atomic E-state index is 12.2. The molecule has 0 aromatic carbocycles. The number of halogens is 1. The Morgan fingerprint density at radius 3 is 2.58 bits per heavy atom.